The van der Waals surface area contributed by atoms with E-state index in [4.69, 9.17) is 9.47 Å². The molecule has 0 aliphatic carbocycles. The van der Waals surface area contributed by atoms with Gasteiger partial charge < -0.3 is 19.7 Å². The lowest BCUT2D eigenvalue weighted by Crippen LogP contribution is -2.03. The number of fused-ring (bicyclic) bond motifs is 2. The number of phenolic OH excluding ortho intramolecular Hbond substituents is 2. The Hall–Kier alpha value is -2.30. The first-order chi connectivity index (χ1) is 11.7. The third-order valence-electron chi connectivity index (χ3n) is 4.93. The Morgan fingerprint density at radius 3 is 2.33 bits per heavy atom. The molecule has 3 aromatic rings. The summed E-state index contributed by atoms with van der Waals surface area (Å²) in [5.74, 6) is 0.605. The van der Waals surface area contributed by atoms with Crippen molar-refractivity contribution >= 4 is 21.5 Å². The van der Waals surface area contributed by atoms with Crippen molar-refractivity contribution in [3.8, 4) is 11.5 Å². The Kier molecular flexibility index (Phi) is 2.99. The smallest absolute Gasteiger partial charge is 0.126 e. The second-order valence-electron chi connectivity index (χ2n) is 6.79. The number of phenols is 2. The summed E-state index contributed by atoms with van der Waals surface area (Å²) >= 11 is 0. The Labute approximate surface area is 139 Å². The van der Waals surface area contributed by atoms with Gasteiger partial charge in [0, 0.05) is 23.8 Å². The van der Waals surface area contributed by atoms with Crippen LogP contribution >= 0.6 is 0 Å². The minimum Gasteiger partial charge on any atom is -0.508 e. The molecule has 2 heterocycles. The Morgan fingerprint density at radius 2 is 1.58 bits per heavy atom. The number of ether oxygens (including phenoxy) is 2. The van der Waals surface area contributed by atoms with Crippen LogP contribution < -0.4 is 0 Å². The number of hydrogen-bond donors (Lipinski definition) is 2. The fourth-order valence-electron chi connectivity index (χ4n) is 3.47. The molecule has 0 spiro atoms. The number of aromatic hydroxyl groups is 2. The molecule has 4 nitrogen and oxygen atoms in total. The van der Waals surface area contributed by atoms with Crippen molar-refractivity contribution in [2.45, 2.75) is 25.0 Å². The largest absolute Gasteiger partial charge is 0.508 e. The van der Waals surface area contributed by atoms with Gasteiger partial charge in [0.2, 0.25) is 0 Å². The highest BCUT2D eigenvalue weighted by molar-refractivity contribution is 6.02. The van der Waals surface area contributed by atoms with Crippen LogP contribution in [-0.4, -0.2) is 35.6 Å². The summed E-state index contributed by atoms with van der Waals surface area (Å²) in [7, 11) is 0. The lowest BCUT2D eigenvalue weighted by atomic mass is 9.92. The van der Waals surface area contributed by atoms with E-state index in [1.54, 1.807) is 12.1 Å². The maximum atomic E-state index is 10.9. The van der Waals surface area contributed by atoms with E-state index in [0.29, 0.717) is 5.75 Å². The van der Waals surface area contributed by atoms with Gasteiger partial charge in [-0.05, 0) is 46.0 Å². The molecular weight excluding hydrogens is 304 g/mol. The molecule has 5 rings (SSSR count). The van der Waals surface area contributed by atoms with Crippen LogP contribution in [0.5, 0.6) is 11.5 Å². The summed E-state index contributed by atoms with van der Waals surface area (Å²) in [4.78, 5) is 0. The van der Waals surface area contributed by atoms with Crippen LogP contribution in [0, 0.1) is 0 Å². The molecule has 2 N–H and O–H groups in total. The van der Waals surface area contributed by atoms with Gasteiger partial charge in [0.05, 0.1) is 25.4 Å². The zero-order valence-corrected chi connectivity index (χ0v) is 13.2. The molecule has 0 radical (unpaired) electrons. The van der Waals surface area contributed by atoms with Gasteiger partial charge in [-0.25, -0.2) is 0 Å². The molecule has 2 atom stereocenters. The molecule has 0 aromatic heterocycles. The third kappa shape index (κ3) is 2.48. The fourth-order valence-corrected chi connectivity index (χ4v) is 3.47. The Balaban J connectivity index is 1.73. The van der Waals surface area contributed by atoms with Gasteiger partial charge in [0.15, 0.2) is 0 Å². The molecule has 2 fully saturated rings. The van der Waals surface area contributed by atoms with Crippen molar-refractivity contribution < 1.29 is 19.7 Å². The molecule has 0 amide bonds. The van der Waals surface area contributed by atoms with Crippen LogP contribution in [0.4, 0.5) is 0 Å². The molecule has 0 saturated carbocycles. The summed E-state index contributed by atoms with van der Waals surface area (Å²) < 4.78 is 10.7. The molecule has 2 unspecified atom stereocenters. The topological polar surface area (TPSA) is 65.5 Å². The second-order valence-corrected chi connectivity index (χ2v) is 6.79. The van der Waals surface area contributed by atoms with Crippen molar-refractivity contribution in [1.82, 2.24) is 0 Å². The van der Waals surface area contributed by atoms with Gasteiger partial charge in [-0.2, -0.15) is 0 Å². The summed E-state index contributed by atoms with van der Waals surface area (Å²) in [5, 5.41) is 24.4. The van der Waals surface area contributed by atoms with E-state index < -0.39 is 0 Å². The predicted molar refractivity (Wildman–Crippen MR) is 91.7 cm³/mol. The van der Waals surface area contributed by atoms with Crippen molar-refractivity contribution in [2.24, 2.45) is 0 Å². The van der Waals surface area contributed by atoms with Crippen molar-refractivity contribution in [3.05, 3.63) is 47.5 Å². The molecule has 0 bridgehead atoms. The first-order valence-electron chi connectivity index (χ1n) is 8.31. The second kappa shape index (κ2) is 5.10. The molecular formula is C20H18O4. The number of epoxide rings is 2. The van der Waals surface area contributed by atoms with Crippen molar-refractivity contribution in [3.63, 3.8) is 0 Å². The maximum absolute atomic E-state index is 10.9. The van der Waals surface area contributed by atoms with Crippen LogP contribution in [0.2, 0.25) is 0 Å². The highest BCUT2D eigenvalue weighted by atomic mass is 16.6. The SMILES string of the molecule is Oc1ccc2cc3c(O)c(CC4CO4)c(CC4CO4)cc3cc2c1. The highest BCUT2D eigenvalue weighted by Gasteiger charge is 2.29. The lowest BCUT2D eigenvalue weighted by Gasteiger charge is -2.14. The summed E-state index contributed by atoms with van der Waals surface area (Å²) in [6.45, 7) is 1.57. The molecule has 24 heavy (non-hydrogen) atoms. The van der Waals surface area contributed by atoms with Crippen LogP contribution in [0.1, 0.15) is 11.1 Å². The predicted octanol–water partition coefficient (Wildman–Crippen LogP) is 3.29. The zero-order valence-electron chi connectivity index (χ0n) is 13.2. The molecule has 4 heteroatoms. The van der Waals surface area contributed by atoms with E-state index in [-0.39, 0.29) is 18.0 Å². The van der Waals surface area contributed by atoms with Gasteiger partial charge in [0.1, 0.15) is 11.5 Å². The van der Waals surface area contributed by atoms with Crippen LogP contribution in [0.3, 0.4) is 0 Å². The summed E-state index contributed by atoms with van der Waals surface area (Å²) in [6.07, 6.45) is 2.07. The van der Waals surface area contributed by atoms with Gasteiger partial charge in [-0.15, -0.1) is 0 Å². The third-order valence-corrected chi connectivity index (χ3v) is 4.93. The molecule has 2 saturated heterocycles. The Bertz CT molecular complexity index is 955. The van der Waals surface area contributed by atoms with Crippen LogP contribution in [0.15, 0.2) is 36.4 Å². The monoisotopic (exact) mass is 322 g/mol. The Morgan fingerprint density at radius 1 is 0.833 bits per heavy atom. The standard InChI is InChI=1S/C20H18O4/c21-15-2-1-11-7-18-13(3-12(11)5-15)4-14(6-16-9-23-16)19(20(18)22)8-17-10-24-17/h1-5,7,16-17,21-22H,6,8-10H2. The van der Waals surface area contributed by atoms with E-state index in [1.807, 2.05) is 18.2 Å². The van der Waals surface area contributed by atoms with E-state index in [1.165, 1.54) is 0 Å². The normalized spacial score (nSPS) is 22.2. The summed E-state index contributed by atoms with van der Waals surface area (Å²) in [5.41, 5.74) is 2.12. The zero-order chi connectivity index (χ0) is 16.3. The fraction of sp³-hybridized carbons (Fsp3) is 0.300. The number of hydrogen-bond acceptors (Lipinski definition) is 4. The maximum Gasteiger partial charge on any atom is 0.126 e. The quantitative estimate of drug-likeness (QED) is 0.571. The van der Waals surface area contributed by atoms with Crippen LogP contribution in [-0.2, 0) is 22.3 Å². The average molecular weight is 322 g/mol. The lowest BCUT2D eigenvalue weighted by molar-refractivity contribution is 0.397. The minimum absolute atomic E-state index is 0.227. The number of rotatable bonds is 4. The number of benzene rings is 3. The van der Waals surface area contributed by atoms with Crippen molar-refractivity contribution in [2.75, 3.05) is 13.2 Å². The molecule has 2 aliphatic rings. The van der Waals surface area contributed by atoms with Gasteiger partial charge >= 0.3 is 0 Å². The van der Waals surface area contributed by atoms with Crippen LogP contribution in [0.25, 0.3) is 21.5 Å². The van der Waals surface area contributed by atoms with E-state index >= 15 is 0 Å². The van der Waals surface area contributed by atoms with Gasteiger partial charge in [-0.3, -0.25) is 0 Å². The van der Waals surface area contributed by atoms with E-state index in [2.05, 4.69) is 6.07 Å². The van der Waals surface area contributed by atoms with Gasteiger partial charge in [-0.1, -0.05) is 12.1 Å². The first kappa shape index (κ1) is 14.1. The van der Waals surface area contributed by atoms with Crippen molar-refractivity contribution in [1.29, 1.82) is 0 Å². The van der Waals surface area contributed by atoms with Gasteiger partial charge in [0.25, 0.3) is 0 Å². The molecule has 122 valence electrons. The summed E-state index contributed by atoms with van der Waals surface area (Å²) in [6, 6.07) is 11.5. The molecule has 3 aromatic carbocycles. The van der Waals surface area contributed by atoms with E-state index in [0.717, 1.165) is 58.7 Å². The minimum atomic E-state index is 0.227. The first-order valence-corrected chi connectivity index (χ1v) is 8.31. The van der Waals surface area contributed by atoms with E-state index in [9.17, 15) is 10.2 Å². The molecule has 2 aliphatic heterocycles. The highest BCUT2D eigenvalue weighted by Crippen LogP contribution is 2.38. The average Bonchev–Trinajstić information content (AvgIpc) is 3.45.